The summed E-state index contributed by atoms with van der Waals surface area (Å²) in [5.74, 6) is 0.831. The lowest BCUT2D eigenvalue weighted by molar-refractivity contribution is -0.111. The van der Waals surface area contributed by atoms with Crippen molar-refractivity contribution in [1.82, 2.24) is 14.9 Å². The van der Waals surface area contributed by atoms with Gasteiger partial charge in [-0.2, -0.15) is 0 Å². The third-order valence-corrected chi connectivity index (χ3v) is 8.89. The largest absolute Gasteiger partial charge is 0.494 e. The van der Waals surface area contributed by atoms with E-state index in [1.165, 1.54) is 24.5 Å². The maximum Gasteiger partial charge on any atom is 0.247 e. The number of benzene rings is 2. The number of carbonyl (C=O) groups excluding carboxylic acids is 1. The van der Waals surface area contributed by atoms with Crippen LogP contribution in [0.4, 0.5) is 33.1 Å². The van der Waals surface area contributed by atoms with Crippen LogP contribution in [0.15, 0.2) is 55.4 Å². The van der Waals surface area contributed by atoms with E-state index in [2.05, 4.69) is 43.9 Å². The summed E-state index contributed by atoms with van der Waals surface area (Å²) in [5.41, 5.74) is 2.80. The second-order valence-electron chi connectivity index (χ2n) is 11.7. The van der Waals surface area contributed by atoms with E-state index >= 15 is 0 Å². The summed E-state index contributed by atoms with van der Waals surface area (Å²) in [6, 6.07) is 10.2. The van der Waals surface area contributed by atoms with E-state index < -0.39 is 5.82 Å². The first-order chi connectivity index (χ1) is 22.3. The van der Waals surface area contributed by atoms with Gasteiger partial charge in [0.1, 0.15) is 23.7 Å². The molecule has 6 rings (SSSR count). The number of piperidine rings is 1. The second-order valence-corrected chi connectivity index (χ2v) is 12.1. The van der Waals surface area contributed by atoms with Gasteiger partial charge in [-0.05, 0) is 55.7 Å². The van der Waals surface area contributed by atoms with E-state index in [0.29, 0.717) is 58.4 Å². The van der Waals surface area contributed by atoms with Crippen LogP contribution in [0.1, 0.15) is 37.8 Å². The molecule has 244 valence electrons. The average Bonchev–Trinajstić information content (AvgIpc) is 3.55. The van der Waals surface area contributed by atoms with Crippen molar-refractivity contribution < 1.29 is 23.5 Å². The third kappa shape index (κ3) is 7.20. The van der Waals surface area contributed by atoms with Crippen LogP contribution in [0.2, 0.25) is 5.02 Å². The first-order valence-corrected chi connectivity index (χ1v) is 15.9. The number of amides is 1. The monoisotopic (exact) mass is 651 g/mol. The molecule has 0 radical (unpaired) electrons. The molecule has 0 spiro atoms. The molecule has 4 heterocycles. The van der Waals surface area contributed by atoms with Crippen molar-refractivity contribution in [2.75, 3.05) is 67.1 Å². The van der Waals surface area contributed by atoms with E-state index in [-0.39, 0.29) is 18.1 Å². The van der Waals surface area contributed by atoms with Crippen LogP contribution in [0.25, 0.3) is 0 Å². The molecule has 3 aliphatic heterocycles. The summed E-state index contributed by atoms with van der Waals surface area (Å²) < 4.78 is 25.7. The quantitative estimate of drug-likeness (QED) is 0.279. The van der Waals surface area contributed by atoms with E-state index in [0.717, 1.165) is 51.3 Å². The van der Waals surface area contributed by atoms with Gasteiger partial charge in [0.15, 0.2) is 5.82 Å². The molecule has 0 unspecified atom stereocenters. The number of anilines is 5. The highest BCUT2D eigenvalue weighted by Crippen LogP contribution is 2.41. The molecule has 11 nitrogen and oxygen atoms in total. The molecular weight excluding hydrogens is 613 g/mol. The van der Waals surface area contributed by atoms with Gasteiger partial charge < -0.3 is 25.0 Å². The van der Waals surface area contributed by atoms with Crippen molar-refractivity contribution in [1.29, 1.82) is 0 Å². The minimum atomic E-state index is -0.412. The van der Waals surface area contributed by atoms with Crippen LogP contribution < -0.4 is 25.3 Å². The molecule has 3 aromatic rings. The minimum Gasteiger partial charge on any atom is -0.494 e. The predicted octanol–water partition coefficient (Wildman–Crippen LogP) is 5.72. The first kappa shape index (κ1) is 32.0. The average molecular weight is 652 g/mol. The third-order valence-electron chi connectivity index (χ3n) is 8.67. The van der Waals surface area contributed by atoms with Crippen LogP contribution >= 0.6 is 11.6 Å². The maximum atomic E-state index is 14.1. The lowest BCUT2D eigenvalue weighted by Gasteiger charge is -2.42. The first-order valence-electron chi connectivity index (χ1n) is 15.5. The van der Waals surface area contributed by atoms with Gasteiger partial charge in [0, 0.05) is 55.8 Å². The molecule has 1 amide bonds. The van der Waals surface area contributed by atoms with Gasteiger partial charge in [-0.15, -0.1) is 0 Å². The number of halogens is 2. The number of carbonyl (C=O) groups is 1. The van der Waals surface area contributed by atoms with Crippen molar-refractivity contribution in [2.45, 2.75) is 44.4 Å². The molecule has 3 aliphatic rings. The molecule has 0 aliphatic carbocycles. The maximum absolute atomic E-state index is 14.1. The zero-order valence-electron chi connectivity index (χ0n) is 26.0. The number of aromatic nitrogens is 2. The number of hydrogen-bond acceptors (Lipinski definition) is 10. The fraction of sp³-hybridized carbons (Fsp3) is 0.424. The molecule has 0 saturated carbocycles. The Labute approximate surface area is 273 Å². The molecule has 46 heavy (non-hydrogen) atoms. The lowest BCUT2D eigenvalue weighted by atomic mass is 10.0. The predicted molar refractivity (Wildman–Crippen MR) is 177 cm³/mol. The van der Waals surface area contributed by atoms with Crippen molar-refractivity contribution in [3.05, 3.63) is 71.8 Å². The Morgan fingerprint density at radius 3 is 2.65 bits per heavy atom. The molecule has 3 saturated heterocycles. The SMILES string of the molecule is C=CC(=O)Nc1cc(Nc2cc(N3OCC[C@@H]3c3cc(F)cc(Cl)c3)ncn2)c(OC)cc1N1CCC(N2CCO[C@@H](C)C2)CC1. The van der Waals surface area contributed by atoms with Crippen molar-refractivity contribution in [3.63, 3.8) is 0 Å². The summed E-state index contributed by atoms with van der Waals surface area (Å²) in [7, 11) is 1.61. The summed E-state index contributed by atoms with van der Waals surface area (Å²) >= 11 is 6.14. The number of hydrogen-bond donors (Lipinski definition) is 2. The molecule has 2 aromatic carbocycles. The van der Waals surface area contributed by atoms with E-state index in [1.807, 2.05) is 12.1 Å². The topological polar surface area (TPSA) is 104 Å². The van der Waals surface area contributed by atoms with Crippen LogP contribution in [0.3, 0.4) is 0 Å². The number of hydroxylamine groups is 1. The summed E-state index contributed by atoms with van der Waals surface area (Å²) in [6.45, 7) is 10.6. The van der Waals surface area contributed by atoms with Crippen LogP contribution in [-0.2, 0) is 14.4 Å². The molecule has 3 fully saturated rings. The van der Waals surface area contributed by atoms with Gasteiger partial charge >= 0.3 is 0 Å². The Balaban J connectivity index is 1.23. The standard InChI is InChI=1S/C33H39ClFN7O4/c1-4-33(43)39-26-16-27(30(44-3)17-29(26)40-8-5-25(6-9-40)41-10-12-45-21(2)19-41)38-31-18-32(37-20-36-31)42-28(7-11-46-42)22-13-23(34)15-24(35)14-22/h4,13-18,20-21,25,28H,1,5-12,19H2,2-3H3,(H,39,43)(H,36,37,38)/t21-,28+/m0/s1. The highest BCUT2D eigenvalue weighted by molar-refractivity contribution is 6.30. The normalized spacial score (nSPS) is 20.9. The molecule has 13 heteroatoms. The highest BCUT2D eigenvalue weighted by atomic mass is 35.5. The van der Waals surface area contributed by atoms with Crippen LogP contribution in [0, 0.1) is 5.82 Å². The molecule has 2 N–H and O–H groups in total. The zero-order valence-corrected chi connectivity index (χ0v) is 26.8. The summed E-state index contributed by atoms with van der Waals surface area (Å²) in [4.78, 5) is 32.1. The Hall–Kier alpha value is -3.97. The van der Waals surface area contributed by atoms with Gasteiger partial charge in [0.2, 0.25) is 5.91 Å². The number of ether oxygens (including phenoxy) is 2. The molecule has 0 bridgehead atoms. The van der Waals surface area contributed by atoms with Crippen LogP contribution in [0.5, 0.6) is 5.75 Å². The smallest absolute Gasteiger partial charge is 0.247 e. The Bertz CT molecular complexity index is 1550. The number of nitrogens with one attached hydrogen (secondary N) is 2. The Morgan fingerprint density at radius 1 is 1.09 bits per heavy atom. The van der Waals surface area contributed by atoms with Gasteiger partial charge in [0.25, 0.3) is 0 Å². The number of nitrogens with zero attached hydrogens (tertiary/aromatic N) is 5. The Kier molecular flexibility index (Phi) is 9.88. The van der Waals surface area contributed by atoms with Crippen LogP contribution in [-0.4, -0.2) is 79.4 Å². The van der Waals surface area contributed by atoms with E-state index in [1.54, 1.807) is 24.3 Å². The van der Waals surface area contributed by atoms with Gasteiger partial charge in [-0.3, -0.25) is 14.5 Å². The van der Waals surface area contributed by atoms with Crippen molar-refractivity contribution in [2.24, 2.45) is 0 Å². The number of methoxy groups -OCH3 is 1. The number of morpholine rings is 1. The molecular formula is C33H39ClFN7O4. The van der Waals surface area contributed by atoms with Gasteiger partial charge in [-0.25, -0.2) is 19.4 Å². The van der Waals surface area contributed by atoms with E-state index in [4.69, 9.17) is 25.9 Å². The lowest BCUT2D eigenvalue weighted by Crippen LogP contribution is -2.51. The molecule has 1 aromatic heterocycles. The summed E-state index contributed by atoms with van der Waals surface area (Å²) in [6.07, 6.45) is 5.58. The Morgan fingerprint density at radius 2 is 1.91 bits per heavy atom. The number of rotatable bonds is 9. The fourth-order valence-electron chi connectivity index (χ4n) is 6.47. The minimum absolute atomic E-state index is 0.250. The molecule has 2 atom stereocenters. The fourth-order valence-corrected chi connectivity index (χ4v) is 6.70. The van der Waals surface area contributed by atoms with Gasteiger partial charge in [0.05, 0.1) is 49.5 Å². The second kappa shape index (κ2) is 14.2. The van der Waals surface area contributed by atoms with E-state index in [9.17, 15) is 9.18 Å². The van der Waals surface area contributed by atoms with Crippen molar-refractivity contribution >= 4 is 46.2 Å². The summed E-state index contributed by atoms with van der Waals surface area (Å²) in [5, 5.41) is 8.27. The highest BCUT2D eigenvalue weighted by Gasteiger charge is 2.31. The van der Waals surface area contributed by atoms with Crippen molar-refractivity contribution in [3.8, 4) is 5.75 Å². The zero-order chi connectivity index (χ0) is 32.2. The van der Waals surface area contributed by atoms with Gasteiger partial charge in [-0.1, -0.05) is 18.2 Å².